The molecule has 0 heterocycles. The molecule has 0 saturated carbocycles. The second-order valence-electron chi connectivity index (χ2n) is 5.37. The number of nitrogens with zero attached hydrogens (tertiary/aromatic N) is 1. The number of hydrogen-bond donors (Lipinski definition) is 1. The van der Waals surface area contributed by atoms with E-state index in [0.29, 0.717) is 0 Å². The predicted octanol–water partition coefficient (Wildman–Crippen LogP) is 2.20. The predicted molar refractivity (Wildman–Crippen MR) is 74.1 cm³/mol. The summed E-state index contributed by atoms with van der Waals surface area (Å²) in [5.41, 5.74) is 1.20. The molecule has 1 unspecified atom stereocenters. The number of aryl methyl sites for hydroxylation is 1. The average Bonchev–Trinajstić information content (AvgIpc) is 2.36. The average molecular weight is 263 g/mol. The summed E-state index contributed by atoms with van der Waals surface area (Å²) >= 11 is 0. The van der Waals surface area contributed by atoms with E-state index < -0.39 is 17.4 Å². The Kier molecular flexibility index (Phi) is 4.35. The van der Waals surface area contributed by atoms with Crippen molar-refractivity contribution in [2.24, 2.45) is 0 Å². The molecular formula is C15H21NO3. The monoisotopic (exact) mass is 263 g/mol. The lowest BCUT2D eigenvalue weighted by atomic mass is 9.80. The summed E-state index contributed by atoms with van der Waals surface area (Å²) in [4.78, 5) is 24.8. The van der Waals surface area contributed by atoms with Crippen molar-refractivity contribution < 1.29 is 14.7 Å². The van der Waals surface area contributed by atoms with E-state index in [2.05, 4.69) is 0 Å². The third-order valence-corrected chi connectivity index (χ3v) is 3.61. The Bertz CT molecular complexity index is 494. The van der Waals surface area contributed by atoms with E-state index in [0.717, 1.165) is 11.1 Å². The van der Waals surface area contributed by atoms with Crippen LogP contribution in [0.1, 0.15) is 31.9 Å². The molecule has 1 amide bonds. The fourth-order valence-corrected chi connectivity index (χ4v) is 2.17. The number of carboxylic acid groups (broad SMARTS) is 1. The van der Waals surface area contributed by atoms with E-state index >= 15 is 0 Å². The Labute approximate surface area is 114 Å². The summed E-state index contributed by atoms with van der Waals surface area (Å²) in [5.74, 6) is -1.20. The van der Waals surface area contributed by atoms with E-state index in [-0.39, 0.29) is 5.91 Å². The normalized spacial score (nSPS) is 12.9. The van der Waals surface area contributed by atoms with E-state index in [1.165, 1.54) is 18.9 Å². The molecule has 4 nitrogen and oxygen atoms in total. The molecule has 1 aromatic rings. The molecule has 0 radical (unpaired) electrons. The van der Waals surface area contributed by atoms with Gasteiger partial charge in [0.15, 0.2) is 0 Å². The fraction of sp³-hybridized carbons (Fsp3) is 0.467. The molecule has 0 fully saturated rings. The van der Waals surface area contributed by atoms with E-state index in [9.17, 15) is 9.59 Å². The van der Waals surface area contributed by atoms with Crippen molar-refractivity contribution in [3.8, 4) is 0 Å². The van der Waals surface area contributed by atoms with Crippen LogP contribution in [-0.4, -0.2) is 35.0 Å². The van der Waals surface area contributed by atoms with Crippen LogP contribution in [0.2, 0.25) is 0 Å². The summed E-state index contributed by atoms with van der Waals surface area (Å²) in [5, 5.41) is 9.00. The van der Waals surface area contributed by atoms with Crippen molar-refractivity contribution in [1.82, 2.24) is 4.90 Å². The minimum atomic E-state index is -1.00. The molecule has 1 rings (SSSR count). The zero-order valence-corrected chi connectivity index (χ0v) is 12.1. The number of amides is 1. The van der Waals surface area contributed by atoms with Crippen molar-refractivity contribution in [2.45, 2.75) is 39.2 Å². The van der Waals surface area contributed by atoms with Gasteiger partial charge in [-0.1, -0.05) is 24.3 Å². The lowest BCUT2D eigenvalue weighted by molar-refractivity contribution is -0.150. The number of hydrogen-bond acceptors (Lipinski definition) is 2. The van der Waals surface area contributed by atoms with Gasteiger partial charge in [-0.25, -0.2) is 4.79 Å². The van der Waals surface area contributed by atoms with Gasteiger partial charge in [0.1, 0.15) is 6.04 Å². The lowest BCUT2D eigenvalue weighted by Crippen LogP contribution is -2.48. The van der Waals surface area contributed by atoms with Gasteiger partial charge in [-0.05, 0) is 38.8 Å². The summed E-state index contributed by atoms with van der Waals surface area (Å²) in [7, 11) is 1.53. The Morgan fingerprint density at radius 1 is 1.26 bits per heavy atom. The van der Waals surface area contributed by atoms with Crippen molar-refractivity contribution >= 4 is 11.9 Å². The highest BCUT2D eigenvalue weighted by Gasteiger charge is 2.36. The van der Waals surface area contributed by atoms with Crippen molar-refractivity contribution in [3.63, 3.8) is 0 Å². The van der Waals surface area contributed by atoms with Crippen LogP contribution in [0.3, 0.4) is 0 Å². The SMILES string of the molecule is Cc1ccccc1C(C)(C)C(=O)N(C)C(C)C(=O)O. The Balaban J connectivity index is 3.10. The molecule has 0 aliphatic heterocycles. The summed E-state index contributed by atoms with van der Waals surface area (Å²) < 4.78 is 0. The van der Waals surface area contributed by atoms with Crippen LogP contribution in [0.5, 0.6) is 0 Å². The zero-order valence-electron chi connectivity index (χ0n) is 12.1. The van der Waals surface area contributed by atoms with Crippen LogP contribution in [0.4, 0.5) is 0 Å². The zero-order chi connectivity index (χ0) is 14.8. The maximum absolute atomic E-state index is 12.5. The topological polar surface area (TPSA) is 57.6 Å². The molecule has 4 heteroatoms. The number of carboxylic acids is 1. The summed E-state index contributed by atoms with van der Waals surface area (Å²) in [6.07, 6.45) is 0. The molecular weight excluding hydrogens is 242 g/mol. The van der Waals surface area contributed by atoms with Crippen LogP contribution >= 0.6 is 0 Å². The molecule has 1 aromatic carbocycles. The number of carbonyl (C=O) groups excluding carboxylic acids is 1. The van der Waals surface area contributed by atoms with Crippen LogP contribution in [0.25, 0.3) is 0 Å². The molecule has 0 aliphatic rings. The van der Waals surface area contributed by atoms with Gasteiger partial charge in [0, 0.05) is 7.05 Å². The number of aliphatic carboxylic acids is 1. The molecule has 1 atom stereocenters. The van der Waals surface area contributed by atoms with Gasteiger partial charge in [0.25, 0.3) is 0 Å². The van der Waals surface area contributed by atoms with Gasteiger partial charge in [-0.15, -0.1) is 0 Å². The maximum Gasteiger partial charge on any atom is 0.326 e. The largest absolute Gasteiger partial charge is 0.480 e. The minimum absolute atomic E-state index is 0.197. The summed E-state index contributed by atoms with van der Waals surface area (Å²) in [6.45, 7) is 7.10. The molecule has 0 saturated heterocycles. The number of benzene rings is 1. The lowest BCUT2D eigenvalue weighted by Gasteiger charge is -2.32. The maximum atomic E-state index is 12.5. The molecule has 0 aromatic heterocycles. The first-order valence-corrected chi connectivity index (χ1v) is 6.25. The quantitative estimate of drug-likeness (QED) is 0.906. The van der Waals surface area contributed by atoms with Gasteiger partial charge in [0.05, 0.1) is 5.41 Å². The second-order valence-corrected chi connectivity index (χ2v) is 5.37. The van der Waals surface area contributed by atoms with Crippen molar-refractivity contribution in [3.05, 3.63) is 35.4 Å². The van der Waals surface area contributed by atoms with Crippen LogP contribution in [0, 0.1) is 6.92 Å². The number of carbonyl (C=O) groups is 2. The first-order chi connectivity index (χ1) is 8.69. The highest BCUT2D eigenvalue weighted by Crippen LogP contribution is 2.28. The molecule has 19 heavy (non-hydrogen) atoms. The number of rotatable bonds is 4. The van der Waals surface area contributed by atoms with Crippen molar-refractivity contribution in [1.29, 1.82) is 0 Å². The highest BCUT2D eigenvalue weighted by atomic mass is 16.4. The van der Waals surface area contributed by atoms with Crippen LogP contribution < -0.4 is 0 Å². The van der Waals surface area contributed by atoms with Gasteiger partial charge >= 0.3 is 5.97 Å². The van der Waals surface area contributed by atoms with Crippen molar-refractivity contribution in [2.75, 3.05) is 7.05 Å². The molecule has 1 N–H and O–H groups in total. The van der Waals surface area contributed by atoms with E-state index in [4.69, 9.17) is 5.11 Å². The first kappa shape index (κ1) is 15.2. The first-order valence-electron chi connectivity index (χ1n) is 6.25. The van der Waals surface area contributed by atoms with E-state index in [1.54, 1.807) is 0 Å². The van der Waals surface area contributed by atoms with Crippen LogP contribution in [-0.2, 0) is 15.0 Å². The third-order valence-electron chi connectivity index (χ3n) is 3.61. The molecule has 104 valence electrons. The smallest absolute Gasteiger partial charge is 0.326 e. The molecule has 0 aliphatic carbocycles. The van der Waals surface area contributed by atoms with Gasteiger partial charge in [-0.2, -0.15) is 0 Å². The Morgan fingerprint density at radius 2 is 1.79 bits per heavy atom. The molecule has 0 bridgehead atoms. The Morgan fingerprint density at radius 3 is 2.26 bits per heavy atom. The minimum Gasteiger partial charge on any atom is -0.480 e. The van der Waals surface area contributed by atoms with Crippen LogP contribution in [0.15, 0.2) is 24.3 Å². The van der Waals surface area contributed by atoms with Gasteiger partial charge in [-0.3, -0.25) is 4.79 Å². The summed E-state index contributed by atoms with van der Waals surface area (Å²) in [6, 6.07) is 6.83. The van der Waals surface area contributed by atoms with Gasteiger partial charge < -0.3 is 10.0 Å². The van der Waals surface area contributed by atoms with E-state index in [1.807, 2.05) is 45.0 Å². The second kappa shape index (κ2) is 5.43. The fourth-order valence-electron chi connectivity index (χ4n) is 2.17. The standard InChI is InChI=1S/C15H21NO3/c1-10-8-6-7-9-12(10)15(3,4)14(19)16(5)11(2)13(17)18/h6-9,11H,1-5H3,(H,17,18). The third kappa shape index (κ3) is 2.95. The highest BCUT2D eigenvalue weighted by molar-refractivity contribution is 5.90. The Hall–Kier alpha value is -1.84. The molecule has 0 spiro atoms. The number of likely N-dealkylation sites (N-methyl/N-ethyl adjacent to an activating group) is 1. The van der Waals surface area contributed by atoms with Gasteiger partial charge in [0.2, 0.25) is 5.91 Å².